The first-order valence-corrected chi connectivity index (χ1v) is 13.4. The molecular formula is C28H37F5O2. The van der Waals surface area contributed by atoms with Gasteiger partial charge in [0.25, 0.3) is 0 Å². The quantitative estimate of drug-likeness (QED) is 0.299. The first-order valence-electron chi connectivity index (χ1n) is 13.4. The van der Waals surface area contributed by atoms with Crippen LogP contribution in [0.5, 0.6) is 0 Å². The van der Waals surface area contributed by atoms with Crippen LogP contribution in [0.1, 0.15) is 107 Å². The van der Waals surface area contributed by atoms with Gasteiger partial charge in [0.05, 0.1) is 5.92 Å². The summed E-state index contributed by atoms with van der Waals surface area (Å²) in [6, 6.07) is 1.60. The monoisotopic (exact) mass is 500 g/mol. The van der Waals surface area contributed by atoms with Gasteiger partial charge in [0, 0.05) is 0 Å². The normalized spacial score (nSPS) is 32.3. The van der Waals surface area contributed by atoms with Crippen molar-refractivity contribution in [1.29, 1.82) is 0 Å². The summed E-state index contributed by atoms with van der Waals surface area (Å²) < 4.78 is 72.2. The number of carbonyl (C=O) groups is 1. The third kappa shape index (κ3) is 6.37. The number of alkyl halides is 3. The minimum atomic E-state index is -5.06. The first-order chi connectivity index (χ1) is 16.7. The van der Waals surface area contributed by atoms with Crippen LogP contribution in [0.15, 0.2) is 12.1 Å². The Hall–Kier alpha value is -1.66. The van der Waals surface area contributed by atoms with Crippen LogP contribution in [0.2, 0.25) is 0 Å². The molecule has 3 aliphatic carbocycles. The molecular weight excluding hydrogens is 463 g/mol. The molecule has 35 heavy (non-hydrogen) atoms. The standard InChI is InChI=1S/C28H37F5O2/c1-2-17-3-5-18(6-4-17)19-7-9-21(10-8-19)27(34)35-23-13-11-20(12-14-23)22-15-24(29)26(25(30)16-22)28(31,32)33/h15-21,23H,2-14H2,1H3. The summed E-state index contributed by atoms with van der Waals surface area (Å²) in [7, 11) is 0. The lowest BCUT2D eigenvalue weighted by molar-refractivity contribution is -0.157. The molecule has 0 spiro atoms. The molecule has 0 bridgehead atoms. The Morgan fingerprint density at radius 1 is 0.829 bits per heavy atom. The number of hydrogen-bond acceptors (Lipinski definition) is 2. The Bertz CT molecular complexity index is 836. The Kier molecular flexibility index (Phi) is 8.42. The van der Waals surface area contributed by atoms with Gasteiger partial charge in [-0.05, 0) is 106 Å². The van der Waals surface area contributed by atoms with Gasteiger partial charge in [-0.15, -0.1) is 0 Å². The molecule has 3 aliphatic rings. The van der Waals surface area contributed by atoms with E-state index in [-0.39, 0.29) is 29.5 Å². The second-order valence-electron chi connectivity index (χ2n) is 11.1. The number of halogens is 5. The van der Waals surface area contributed by atoms with E-state index in [4.69, 9.17) is 4.74 Å². The van der Waals surface area contributed by atoms with Crippen molar-refractivity contribution in [2.24, 2.45) is 23.7 Å². The molecule has 1 aromatic rings. The van der Waals surface area contributed by atoms with Crippen molar-refractivity contribution in [3.8, 4) is 0 Å². The lowest BCUT2D eigenvalue weighted by Crippen LogP contribution is -2.32. The maximum absolute atomic E-state index is 14.0. The minimum Gasteiger partial charge on any atom is -0.462 e. The minimum absolute atomic E-state index is 0.0472. The van der Waals surface area contributed by atoms with Crippen LogP contribution in [0.25, 0.3) is 0 Å². The summed E-state index contributed by atoms with van der Waals surface area (Å²) in [4.78, 5) is 12.8. The van der Waals surface area contributed by atoms with Crippen molar-refractivity contribution in [1.82, 2.24) is 0 Å². The lowest BCUT2D eigenvalue weighted by atomic mass is 9.69. The van der Waals surface area contributed by atoms with Crippen molar-refractivity contribution >= 4 is 5.97 Å². The molecule has 0 N–H and O–H groups in total. The van der Waals surface area contributed by atoms with Gasteiger partial charge in [-0.3, -0.25) is 4.79 Å². The number of carbonyl (C=O) groups excluding carboxylic acids is 1. The van der Waals surface area contributed by atoms with E-state index in [9.17, 15) is 26.7 Å². The summed E-state index contributed by atoms with van der Waals surface area (Å²) >= 11 is 0. The lowest BCUT2D eigenvalue weighted by Gasteiger charge is -2.37. The van der Waals surface area contributed by atoms with Crippen LogP contribution in [-0.2, 0) is 15.7 Å². The highest BCUT2D eigenvalue weighted by molar-refractivity contribution is 5.72. The van der Waals surface area contributed by atoms with Crippen LogP contribution in [0.4, 0.5) is 22.0 Å². The molecule has 2 nitrogen and oxygen atoms in total. The van der Waals surface area contributed by atoms with Gasteiger partial charge in [0.2, 0.25) is 0 Å². The van der Waals surface area contributed by atoms with Gasteiger partial charge in [0.15, 0.2) is 0 Å². The zero-order chi connectivity index (χ0) is 25.2. The number of ether oxygens (including phenoxy) is 1. The maximum Gasteiger partial charge on any atom is 0.422 e. The van der Waals surface area contributed by atoms with Crippen LogP contribution in [-0.4, -0.2) is 12.1 Å². The maximum atomic E-state index is 14.0. The molecule has 0 heterocycles. The Morgan fingerprint density at radius 2 is 1.34 bits per heavy atom. The van der Waals surface area contributed by atoms with E-state index in [1.165, 1.54) is 32.1 Å². The summed E-state index contributed by atoms with van der Waals surface area (Å²) in [6.07, 6.45) is 7.45. The van der Waals surface area contributed by atoms with Gasteiger partial charge < -0.3 is 4.74 Å². The fraction of sp³-hybridized carbons (Fsp3) is 0.750. The van der Waals surface area contributed by atoms with E-state index < -0.39 is 23.4 Å². The van der Waals surface area contributed by atoms with E-state index in [2.05, 4.69) is 6.92 Å². The van der Waals surface area contributed by atoms with E-state index >= 15 is 0 Å². The van der Waals surface area contributed by atoms with Crippen LogP contribution in [0, 0.1) is 35.3 Å². The SMILES string of the molecule is CCC1CCC(C2CCC(C(=O)OC3CCC(c4cc(F)c(C(F)(F)F)c(F)c4)CC3)CC2)CC1. The Balaban J connectivity index is 1.22. The third-order valence-electron chi connectivity index (χ3n) is 9.02. The van der Waals surface area contributed by atoms with Gasteiger partial charge >= 0.3 is 12.1 Å². The van der Waals surface area contributed by atoms with Crippen LogP contribution < -0.4 is 0 Å². The van der Waals surface area contributed by atoms with Gasteiger partial charge in [0.1, 0.15) is 23.3 Å². The molecule has 3 saturated carbocycles. The topological polar surface area (TPSA) is 26.3 Å². The number of esters is 1. The van der Waals surface area contributed by atoms with Crippen LogP contribution in [0.3, 0.4) is 0 Å². The molecule has 4 rings (SSSR count). The number of rotatable bonds is 5. The Morgan fingerprint density at radius 3 is 1.83 bits per heavy atom. The second kappa shape index (κ2) is 11.2. The summed E-state index contributed by atoms with van der Waals surface area (Å²) in [5.41, 5.74) is -1.60. The number of hydrogen-bond donors (Lipinski definition) is 0. The molecule has 0 aliphatic heterocycles. The predicted molar refractivity (Wildman–Crippen MR) is 124 cm³/mol. The summed E-state index contributed by atoms with van der Waals surface area (Å²) in [5, 5.41) is 0. The predicted octanol–water partition coefficient (Wildman–Crippen LogP) is 8.58. The highest BCUT2D eigenvalue weighted by Gasteiger charge is 2.39. The molecule has 7 heteroatoms. The van der Waals surface area contributed by atoms with E-state index in [1.807, 2.05) is 0 Å². The van der Waals surface area contributed by atoms with Crippen molar-refractivity contribution in [3.63, 3.8) is 0 Å². The highest BCUT2D eigenvalue weighted by Crippen LogP contribution is 2.43. The third-order valence-corrected chi connectivity index (χ3v) is 9.02. The fourth-order valence-corrected chi connectivity index (χ4v) is 6.77. The van der Waals surface area contributed by atoms with Crippen molar-refractivity contribution in [3.05, 3.63) is 34.9 Å². The fourth-order valence-electron chi connectivity index (χ4n) is 6.77. The van der Waals surface area contributed by atoms with E-state index in [0.717, 1.165) is 55.6 Å². The Labute approximate surface area is 205 Å². The molecule has 0 unspecified atom stereocenters. The average molecular weight is 501 g/mol. The van der Waals surface area contributed by atoms with Gasteiger partial charge in [-0.25, -0.2) is 8.78 Å². The van der Waals surface area contributed by atoms with E-state index in [1.54, 1.807) is 0 Å². The molecule has 196 valence electrons. The zero-order valence-electron chi connectivity index (χ0n) is 20.5. The largest absolute Gasteiger partial charge is 0.462 e. The molecule has 0 radical (unpaired) electrons. The molecule has 0 atom stereocenters. The van der Waals surface area contributed by atoms with Gasteiger partial charge in [-0.2, -0.15) is 13.2 Å². The summed E-state index contributed by atoms with van der Waals surface area (Å²) in [6.45, 7) is 2.28. The molecule has 0 saturated heterocycles. The van der Waals surface area contributed by atoms with Gasteiger partial charge in [-0.1, -0.05) is 26.2 Å². The zero-order valence-corrected chi connectivity index (χ0v) is 20.5. The average Bonchev–Trinajstić information content (AvgIpc) is 2.83. The molecule has 3 fully saturated rings. The molecule has 1 aromatic carbocycles. The van der Waals surface area contributed by atoms with Crippen LogP contribution >= 0.6 is 0 Å². The highest BCUT2D eigenvalue weighted by atomic mass is 19.4. The molecule has 0 aromatic heterocycles. The van der Waals surface area contributed by atoms with E-state index in [0.29, 0.717) is 25.7 Å². The first kappa shape index (κ1) is 26.4. The van der Waals surface area contributed by atoms with Crippen molar-refractivity contribution < 1.29 is 31.5 Å². The van der Waals surface area contributed by atoms with Crippen molar-refractivity contribution in [2.45, 2.75) is 109 Å². The second-order valence-corrected chi connectivity index (χ2v) is 11.1. The van der Waals surface area contributed by atoms with Crippen molar-refractivity contribution in [2.75, 3.05) is 0 Å². The number of benzene rings is 1. The summed E-state index contributed by atoms with van der Waals surface area (Å²) in [5.74, 6) is -1.13. The molecule has 0 amide bonds. The smallest absolute Gasteiger partial charge is 0.422 e.